The molecule has 0 N–H and O–H groups in total. The van der Waals surface area contributed by atoms with E-state index in [4.69, 9.17) is 9.15 Å². The first-order valence-electron chi connectivity index (χ1n) is 6.84. The second-order valence-corrected chi connectivity index (χ2v) is 4.77. The highest BCUT2D eigenvalue weighted by atomic mass is 16.5. The summed E-state index contributed by atoms with van der Waals surface area (Å²) in [6.07, 6.45) is 2.16. The number of Topliss-reactive ketones (excluding diaryl/α,β-unsaturated/α-hetero) is 1. The van der Waals surface area contributed by atoms with Crippen LogP contribution in [0.15, 0.2) is 34.7 Å². The van der Waals surface area contributed by atoms with Crippen LogP contribution in [0.5, 0.6) is 0 Å². The van der Waals surface area contributed by atoms with Crippen molar-refractivity contribution < 1.29 is 13.9 Å². The van der Waals surface area contributed by atoms with Gasteiger partial charge in [0.25, 0.3) is 0 Å². The predicted octanol–water partition coefficient (Wildman–Crippen LogP) is 4.07. The van der Waals surface area contributed by atoms with Crippen molar-refractivity contribution in [3.05, 3.63) is 36.1 Å². The molecule has 3 heteroatoms. The number of para-hydroxylation sites is 1. The summed E-state index contributed by atoms with van der Waals surface area (Å²) >= 11 is 0. The molecule has 0 aliphatic heterocycles. The fourth-order valence-electron chi connectivity index (χ4n) is 2.03. The lowest BCUT2D eigenvalue weighted by molar-refractivity contribution is 0.0644. The van der Waals surface area contributed by atoms with Gasteiger partial charge >= 0.3 is 0 Å². The van der Waals surface area contributed by atoms with E-state index in [1.807, 2.05) is 24.3 Å². The Kier molecular flexibility index (Phi) is 4.74. The van der Waals surface area contributed by atoms with Crippen LogP contribution >= 0.6 is 0 Å². The van der Waals surface area contributed by atoms with Gasteiger partial charge in [-0.2, -0.15) is 0 Å². The van der Waals surface area contributed by atoms with E-state index in [9.17, 15) is 4.79 Å². The first-order valence-corrected chi connectivity index (χ1v) is 6.84. The van der Waals surface area contributed by atoms with Gasteiger partial charge in [-0.15, -0.1) is 0 Å². The van der Waals surface area contributed by atoms with E-state index in [1.54, 1.807) is 6.07 Å². The topological polar surface area (TPSA) is 39.4 Å². The molecule has 0 saturated heterocycles. The van der Waals surface area contributed by atoms with Crippen LogP contribution in [0.3, 0.4) is 0 Å². The van der Waals surface area contributed by atoms with Crippen molar-refractivity contribution in [1.29, 1.82) is 0 Å². The highest BCUT2D eigenvalue weighted by molar-refractivity contribution is 5.98. The van der Waals surface area contributed by atoms with Gasteiger partial charge in [0.15, 0.2) is 5.76 Å². The van der Waals surface area contributed by atoms with E-state index in [-0.39, 0.29) is 12.4 Å². The molecule has 1 heterocycles. The fraction of sp³-hybridized carbons (Fsp3) is 0.438. The summed E-state index contributed by atoms with van der Waals surface area (Å²) in [5.74, 6) is 0.816. The fourth-order valence-corrected chi connectivity index (χ4v) is 2.03. The Bertz CT molecular complexity index is 505. The van der Waals surface area contributed by atoms with Crippen LogP contribution in [0, 0.1) is 5.92 Å². The molecule has 2 aromatic rings. The van der Waals surface area contributed by atoms with Crippen LogP contribution in [-0.4, -0.2) is 19.0 Å². The van der Waals surface area contributed by atoms with Crippen molar-refractivity contribution in [3.63, 3.8) is 0 Å². The van der Waals surface area contributed by atoms with Crippen LogP contribution in [0.2, 0.25) is 0 Å². The van der Waals surface area contributed by atoms with Crippen molar-refractivity contribution in [2.45, 2.75) is 26.7 Å². The standard InChI is InChI=1S/C16H20O3/c1-3-12(4-2)10-18-11-14(17)16-9-13-7-5-6-8-15(13)19-16/h5-9,12H,3-4,10-11H2,1-2H3. The Morgan fingerprint density at radius 2 is 2.00 bits per heavy atom. The van der Waals surface area contributed by atoms with Crippen LogP contribution in [0.25, 0.3) is 11.0 Å². The average molecular weight is 260 g/mol. The van der Waals surface area contributed by atoms with Gasteiger partial charge in [0.05, 0.1) is 0 Å². The summed E-state index contributed by atoms with van der Waals surface area (Å²) in [7, 11) is 0. The first kappa shape index (κ1) is 13.8. The number of carbonyl (C=O) groups is 1. The molecule has 1 aromatic carbocycles. The van der Waals surface area contributed by atoms with E-state index in [0.717, 1.165) is 23.8 Å². The summed E-state index contributed by atoms with van der Waals surface area (Å²) in [5, 5.41) is 0.950. The number of fused-ring (bicyclic) bond motifs is 1. The molecule has 0 aliphatic rings. The third kappa shape index (κ3) is 3.44. The Labute approximate surface area is 113 Å². The lowest BCUT2D eigenvalue weighted by Gasteiger charge is -2.11. The molecule has 3 nitrogen and oxygen atoms in total. The van der Waals surface area contributed by atoms with Crippen molar-refractivity contribution in [2.75, 3.05) is 13.2 Å². The smallest absolute Gasteiger partial charge is 0.223 e. The number of carbonyl (C=O) groups excluding carboxylic acids is 1. The second kappa shape index (κ2) is 6.53. The molecule has 0 aliphatic carbocycles. The molecule has 102 valence electrons. The zero-order chi connectivity index (χ0) is 13.7. The first-order chi connectivity index (χ1) is 9.24. The maximum absolute atomic E-state index is 12.0. The van der Waals surface area contributed by atoms with Crippen LogP contribution in [-0.2, 0) is 4.74 Å². The number of hydrogen-bond donors (Lipinski definition) is 0. The monoisotopic (exact) mass is 260 g/mol. The molecular formula is C16H20O3. The molecule has 0 bridgehead atoms. The van der Waals surface area contributed by atoms with Crippen LogP contribution < -0.4 is 0 Å². The summed E-state index contributed by atoms with van der Waals surface area (Å²) in [5.41, 5.74) is 0.742. The third-order valence-corrected chi connectivity index (χ3v) is 3.44. The Balaban J connectivity index is 1.92. The average Bonchev–Trinajstić information content (AvgIpc) is 2.87. The third-order valence-electron chi connectivity index (χ3n) is 3.44. The number of furan rings is 1. The van der Waals surface area contributed by atoms with E-state index < -0.39 is 0 Å². The molecule has 0 atom stereocenters. The Morgan fingerprint density at radius 3 is 2.68 bits per heavy atom. The minimum atomic E-state index is -0.0952. The summed E-state index contributed by atoms with van der Waals surface area (Å²) < 4.78 is 11.0. The van der Waals surface area contributed by atoms with Gasteiger partial charge in [-0.05, 0) is 18.1 Å². The molecule has 0 radical (unpaired) electrons. The second-order valence-electron chi connectivity index (χ2n) is 4.77. The van der Waals surface area contributed by atoms with Crippen molar-refractivity contribution >= 4 is 16.8 Å². The quantitative estimate of drug-likeness (QED) is 0.704. The van der Waals surface area contributed by atoms with Gasteiger partial charge in [0.1, 0.15) is 12.2 Å². The highest BCUT2D eigenvalue weighted by Crippen LogP contribution is 2.19. The van der Waals surface area contributed by atoms with E-state index in [1.165, 1.54) is 0 Å². The summed E-state index contributed by atoms with van der Waals surface area (Å²) in [4.78, 5) is 12.0. The van der Waals surface area contributed by atoms with Gasteiger partial charge in [0, 0.05) is 12.0 Å². The maximum Gasteiger partial charge on any atom is 0.223 e. The molecule has 0 saturated carbocycles. The van der Waals surface area contributed by atoms with E-state index >= 15 is 0 Å². The van der Waals surface area contributed by atoms with Crippen molar-refractivity contribution in [1.82, 2.24) is 0 Å². The lowest BCUT2D eigenvalue weighted by atomic mass is 10.1. The van der Waals surface area contributed by atoms with Gasteiger partial charge in [-0.1, -0.05) is 44.9 Å². The molecule has 0 fully saturated rings. The largest absolute Gasteiger partial charge is 0.453 e. The Hall–Kier alpha value is -1.61. The van der Waals surface area contributed by atoms with Crippen LogP contribution in [0.1, 0.15) is 37.2 Å². The molecule has 0 spiro atoms. The molecule has 2 rings (SSSR count). The lowest BCUT2D eigenvalue weighted by Crippen LogP contribution is -2.14. The van der Waals surface area contributed by atoms with E-state index in [0.29, 0.717) is 18.3 Å². The number of hydrogen-bond acceptors (Lipinski definition) is 3. The molecule has 1 aromatic heterocycles. The van der Waals surface area contributed by atoms with Crippen LogP contribution in [0.4, 0.5) is 0 Å². The Morgan fingerprint density at radius 1 is 1.26 bits per heavy atom. The molecular weight excluding hydrogens is 240 g/mol. The maximum atomic E-state index is 12.0. The SMILES string of the molecule is CCC(CC)COCC(=O)c1cc2ccccc2o1. The molecule has 0 unspecified atom stereocenters. The molecule has 19 heavy (non-hydrogen) atoms. The molecule has 0 amide bonds. The van der Waals surface area contributed by atoms with Gasteiger partial charge < -0.3 is 9.15 Å². The minimum absolute atomic E-state index is 0.0936. The summed E-state index contributed by atoms with van der Waals surface area (Å²) in [6.45, 7) is 5.01. The number of ether oxygens (including phenoxy) is 1. The van der Waals surface area contributed by atoms with Crippen molar-refractivity contribution in [2.24, 2.45) is 5.92 Å². The zero-order valence-corrected chi connectivity index (χ0v) is 11.5. The van der Waals surface area contributed by atoms with Gasteiger partial charge in [-0.3, -0.25) is 4.79 Å². The zero-order valence-electron chi connectivity index (χ0n) is 11.5. The minimum Gasteiger partial charge on any atom is -0.453 e. The highest BCUT2D eigenvalue weighted by Gasteiger charge is 2.13. The number of benzene rings is 1. The van der Waals surface area contributed by atoms with E-state index in [2.05, 4.69) is 13.8 Å². The van der Waals surface area contributed by atoms with Crippen molar-refractivity contribution in [3.8, 4) is 0 Å². The number of rotatable bonds is 7. The number of ketones is 1. The normalized spacial score (nSPS) is 11.3. The van der Waals surface area contributed by atoms with Gasteiger partial charge in [-0.25, -0.2) is 0 Å². The van der Waals surface area contributed by atoms with Gasteiger partial charge in [0.2, 0.25) is 5.78 Å². The summed E-state index contributed by atoms with van der Waals surface area (Å²) in [6, 6.07) is 9.38. The predicted molar refractivity (Wildman–Crippen MR) is 75.4 cm³/mol.